The van der Waals surface area contributed by atoms with E-state index in [2.05, 4.69) is 0 Å². The minimum atomic E-state index is -0.0961. The average Bonchev–Trinajstić information content (AvgIpc) is 3.20. The van der Waals surface area contributed by atoms with E-state index in [4.69, 9.17) is 15.2 Å². The predicted octanol–water partition coefficient (Wildman–Crippen LogP) is 2.72. The van der Waals surface area contributed by atoms with E-state index in [0.29, 0.717) is 13.0 Å². The largest absolute Gasteiger partial charge is 0.493 e. The normalized spacial score (nSPS) is 15.7. The summed E-state index contributed by atoms with van der Waals surface area (Å²) in [7, 11) is 1.45. The smallest absolute Gasteiger partial charge is 0.306 e. The number of nitrogens with two attached hydrogens (primary N) is 1. The van der Waals surface area contributed by atoms with Crippen LogP contribution < -0.4 is 10.5 Å². The van der Waals surface area contributed by atoms with Crippen molar-refractivity contribution < 1.29 is 14.3 Å². The molecular weight excluding hydrogens is 274 g/mol. The maximum absolute atomic E-state index is 11.3. The standard InChI is InChI=1S/C15H21NO3S/c1-18-14(17)10-15(6-7-15)11-20-9-8-19-13-4-2-12(16)3-5-13/h2-5H,6-11,16H2,1H3. The van der Waals surface area contributed by atoms with Gasteiger partial charge in [-0.3, -0.25) is 4.79 Å². The molecule has 110 valence electrons. The number of benzene rings is 1. The predicted molar refractivity (Wildman–Crippen MR) is 82.0 cm³/mol. The van der Waals surface area contributed by atoms with E-state index < -0.39 is 0 Å². The molecule has 0 radical (unpaired) electrons. The summed E-state index contributed by atoms with van der Waals surface area (Å²) in [6.45, 7) is 0.670. The van der Waals surface area contributed by atoms with Crippen molar-refractivity contribution in [2.75, 3.05) is 31.0 Å². The first-order valence-electron chi connectivity index (χ1n) is 6.76. The zero-order valence-electron chi connectivity index (χ0n) is 11.8. The lowest BCUT2D eigenvalue weighted by Gasteiger charge is -2.13. The number of carbonyl (C=O) groups excluding carboxylic acids is 1. The number of esters is 1. The summed E-state index contributed by atoms with van der Waals surface area (Å²) in [4.78, 5) is 11.3. The van der Waals surface area contributed by atoms with E-state index in [0.717, 1.165) is 35.8 Å². The van der Waals surface area contributed by atoms with Crippen LogP contribution in [0.2, 0.25) is 0 Å². The van der Waals surface area contributed by atoms with Crippen LogP contribution in [0.4, 0.5) is 5.69 Å². The van der Waals surface area contributed by atoms with Crippen LogP contribution in [0.3, 0.4) is 0 Å². The number of rotatable bonds is 8. The van der Waals surface area contributed by atoms with E-state index in [9.17, 15) is 4.79 Å². The highest BCUT2D eigenvalue weighted by Crippen LogP contribution is 2.51. The molecule has 0 aromatic heterocycles. The lowest BCUT2D eigenvalue weighted by molar-refractivity contribution is -0.141. The first-order chi connectivity index (χ1) is 9.63. The zero-order valence-corrected chi connectivity index (χ0v) is 12.6. The van der Waals surface area contributed by atoms with Crippen molar-refractivity contribution >= 4 is 23.4 Å². The van der Waals surface area contributed by atoms with Gasteiger partial charge >= 0.3 is 5.97 Å². The van der Waals surface area contributed by atoms with Gasteiger partial charge in [-0.15, -0.1) is 0 Å². The Morgan fingerprint density at radius 3 is 2.65 bits per heavy atom. The van der Waals surface area contributed by atoms with Crippen molar-refractivity contribution in [1.29, 1.82) is 0 Å². The number of nitrogen functional groups attached to an aromatic ring is 1. The minimum Gasteiger partial charge on any atom is -0.493 e. The van der Waals surface area contributed by atoms with Crippen LogP contribution in [-0.4, -0.2) is 31.2 Å². The van der Waals surface area contributed by atoms with Crippen LogP contribution in [0.1, 0.15) is 19.3 Å². The molecule has 0 atom stereocenters. The number of ether oxygens (including phenoxy) is 2. The second kappa shape index (κ2) is 6.88. The van der Waals surface area contributed by atoms with Crippen molar-refractivity contribution in [3.05, 3.63) is 24.3 Å². The Kier molecular flexibility index (Phi) is 5.17. The highest BCUT2D eigenvalue weighted by molar-refractivity contribution is 7.99. The van der Waals surface area contributed by atoms with E-state index >= 15 is 0 Å². The molecule has 1 saturated carbocycles. The van der Waals surface area contributed by atoms with E-state index in [1.165, 1.54) is 7.11 Å². The van der Waals surface area contributed by atoms with Crippen LogP contribution in [-0.2, 0) is 9.53 Å². The lowest BCUT2D eigenvalue weighted by atomic mass is 10.1. The molecule has 1 aliphatic carbocycles. The molecule has 0 heterocycles. The molecule has 4 nitrogen and oxygen atoms in total. The van der Waals surface area contributed by atoms with Gasteiger partial charge in [-0.2, -0.15) is 11.8 Å². The molecule has 0 unspecified atom stereocenters. The first kappa shape index (κ1) is 15.0. The third kappa shape index (κ3) is 4.63. The van der Waals surface area contributed by atoms with Crippen LogP contribution in [0.25, 0.3) is 0 Å². The molecule has 1 aromatic rings. The Morgan fingerprint density at radius 2 is 2.05 bits per heavy atom. The van der Waals surface area contributed by atoms with Crippen LogP contribution in [0.5, 0.6) is 5.75 Å². The Morgan fingerprint density at radius 1 is 1.35 bits per heavy atom. The highest BCUT2D eigenvalue weighted by atomic mass is 32.2. The van der Waals surface area contributed by atoms with Crippen molar-refractivity contribution in [1.82, 2.24) is 0 Å². The molecule has 20 heavy (non-hydrogen) atoms. The Hall–Kier alpha value is -1.36. The highest BCUT2D eigenvalue weighted by Gasteiger charge is 2.44. The minimum absolute atomic E-state index is 0.0961. The van der Waals surface area contributed by atoms with Crippen LogP contribution in [0, 0.1) is 5.41 Å². The number of hydrogen-bond donors (Lipinski definition) is 1. The average molecular weight is 295 g/mol. The molecule has 0 spiro atoms. The van der Waals surface area contributed by atoms with Gasteiger partial charge in [0.2, 0.25) is 0 Å². The summed E-state index contributed by atoms with van der Waals surface area (Å²) in [6, 6.07) is 7.41. The summed E-state index contributed by atoms with van der Waals surface area (Å²) in [5.74, 6) is 2.68. The summed E-state index contributed by atoms with van der Waals surface area (Å²) >= 11 is 1.84. The van der Waals surface area contributed by atoms with Gasteiger partial charge in [0.1, 0.15) is 5.75 Å². The fraction of sp³-hybridized carbons (Fsp3) is 0.533. The monoisotopic (exact) mass is 295 g/mol. The number of thioether (sulfide) groups is 1. The maximum atomic E-state index is 11.3. The van der Waals surface area contributed by atoms with Crippen molar-refractivity contribution in [2.24, 2.45) is 5.41 Å². The van der Waals surface area contributed by atoms with Gasteiger partial charge in [0.25, 0.3) is 0 Å². The molecule has 2 rings (SSSR count). The van der Waals surface area contributed by atoms with E-state index in [-0.39, 0.29) is 11.4 Å². The molecule has 0 saturated heterocycles. The number of methoxy groups -OCH3 is 1. The second-order valence-electron chi connectivity index (χ2n) is 5.22. The molecular formula is C15H21NO3S. The van der Waals surface area contributed by atoms with E-state index in [1.54, 1.807) is 0 Å². The summed E-state index contributed by atoms with van der Waals surface area (Å²) < 4.78 is 10.4. The quantitative estimate of drug-likeness (QED) is 0.454. The summed E-state index contributed by atoms with van der Waals surface area (Å²) in [5.41, 5.74) is 6.55. The molecule has 0 bridgehead atoms. The fourth-order valence-electron chi connectivity index (χ4n) is 2.00. The lowest BCUT2D eigenvalue weighted by Crippen LogP contribution is -2.14. The molecule has 1 fully saturated rings. The molecule has 1 aliphatic rings. The van der Waals surface area contributed by atoms with Crippen molar-refractivity contribution in [3.8, 4) is 5.75 Å². The van der Waals surface area contributed by atoms with Gasteiger partial charge in [-0.05, 0) is 48.3 Å². The molecule has 2 N–H and O–H groups in total. The first-order valence-corrected chi connectivity index (χ1v) is 7.92. The van der Waals surface area contributed by atoms with Crippen molar-refractivity contribution in [2.45, 2.75) is 19.3 Å². The van der Waals surface area contributed by atoms with Crippen LogP contribution >= 0.6 is 11.8 Å². The summed E-state index contributed by atoms with van der Waals surface area (Å²) in [6.07, 6.45) is 2.82. The number of anilines is 1. The van der Waals surface area contributed by atoms with Gasteiger partial charge in [0, 0.05) is 11.4 Å². The Labute approximate surface area is 124 Å². The topological polar surface area (TPSA) is 61.5 Å². The van der Waals surface area contributed by atoms with Gasteiger partial charge in [-0.1, -0.05) is 0 Å². The zero-order chi connectivity index (χ0) is 14.4. The SMILES string of the molecule is COC(=O)CC1(CSCCOc2ccc(N)cc2)CC1. The van der Waals surface area contributed by atoms with Gasteiger partial charge in [0.05, 0.1) is 20.1 Å². The molecule has 0 aliphatic heterocycles. The van der Waals surface area contributed by atoms with Crippen molar-refractivity contribution in [3.63, 3.8) is 0 Å². The van der Waals surface area contributed by atoms with Gasteiger partial charge in [0.15, 0.2) is 0 Å². The third-order valence-electron chi connectivity index (χ3n) is 3.49. The fourth-order valence-corrected chi connectivity index (χ4v) is 3.17. The molecule has 1 aromatic carbocycles. The molecule has 0 amide bonds. The van der Waals surface area contributed by atoms with Gasteiger partial charge in [-0.25, -0.2) is 0 Å². The molecule has 5 heteroatoms. The summed E-state index contributed by atoms with van der Waals surface area (Å²) in [5, 5.41) is 0. The maximum Gasteiger partial charge on any atom is 0.306 e. The second-order valence-corrected chi connectivity index (χ2v) is 6.33. The number of carbonyl (C=O) groups is 1. The Bertz CT molecular complexity index is 443. The van der Waals surface area contributed by atoms with Crippen LogP contribution in [0.15, 0.2) is 24.3 Å². The van der Waals surface area contributed by atoms with E-state index in [1.807, 2.05) is 36.0 Å². The van der Waals surface area contributed by atoms with Gasteiger partial charge < -0.3 is 15.2 Å². The Balaban J connectivity index is 1.60. The third-order valence-corrected chi connectivity index (χ3v) is 4.76. The number of hydrogen-bond acceptors (Lipinski definition) is 5.